The number of thioether (sulfide) groups is 1. The van der Waals surface area contributed by atoms with Crippen LogP contribution in [-0.2, 0) is 12.3 Å². The number of carbonyl (C=O) groups excluding carboxylic acids is 1. The van der Waals surface area contributed by atoms with E-state index < -0.39 is 0 Å². The molecule has 4 aromatic rings. The van der Waals surface area contributed by atoms with E-state index >= 15 is 0 Å². The van der Waals surface area contributed by atoms with Gasteiger partial charge in [-0.2, -0.15) is 0 Å². The molecule has 0 spiro atoms. The molecular weight excluding hydrogens is 454 g/mol. The zero-order valence-corrected chi connectivity index (χ0v) is 20.8. The van der Waals surface area contributed by atoms with Gasteiger partial charge in [-0.15, -0.1) is 0 Å². The topological polar surface area (TPSA) is 71.0 Å². The molecule has 0 saturated heterocycles. The van der Waals surface area contributed by atoms with Gasteiger partial charge in [0, 0.05) is 55.5 Å². The van der Waals surface area contributed by atoms with Crippen molar-refractivity contribution < 1.29 is 4.79 Å². The summed E-state index contributed by atoms with van der Waals surface area (Å²) in [5, 5.41) is 3.67. The second-order valence-corrected chi connectivity index (χ2v) is 9.15. The Kier molecular flexibility index (Phi) is 8.46. The number of aromatic nitrogens is 3. The molecule has 4 rings (SSSR count). The summed E-state index contributed by atoms with van der Waals surface area (Å²) in [6.07, 6.45) is 4.52. The maximum Gasteiger partial charge on any atom is 0.251 e. The molecular formula is C28H29N5OS. The zero-order valence-electron chi connectivity index (χ0n) is 20.0. The SMILES string of the molecule is CCCN(C)c1cc(-c2ccccc2)nc(SCc2ccc(C(=O)NCc3cccnc3)cc2)n1. The Morgan fingerprint density at radius 3 is 2.49 bits per heavy atom. The minimum atomic E-state index is -0.101. The molecule has 0 bridgehead atoms. The molecule has 0 aliphatic carbocycles. The Hall–Kier alpha value is -3.71. The van der Waals surface area contributed by atoms with Crippen LogP contribution >= 0.6 is 11.8 Å². The van der Waals surface area contributed by atoms with Gasteiger partial charge in [-0.05, 0) is 35.7 Å². The van der Waals surface area contributed by atoms with Gasteiger partial charge in [-0.3, -0.25) is 9.78 Å². The summed E-state index contributed by atoms with van der Waals surface area (Å²) in [6.45, 7) is 3.54. The van der Waals surface area contributed by atoms with E-state index in [2.05, 4.69) is 41.3 Å². The first-order valence-electron chi connectivity index (χ1n) is 11.7. The molecule has 178 valence electrons. The fourth-order valence-electron chi connectivity index (χ4n) is 3.57. The van der Waals surface area contributed by atoms with E-state index in [-0.39, 0.29) is 5.91 Å². The number of rotatable bonds is 10. The minimum absolute atomic E-state index is 0.101. The number of hydrogen-bond donors (Lipinski definition) is 1. The lowest BCUT2D eigenvalue weighted by Crippen LogP contribution is -2.22. The van der Waals surface area contributed by atoms with E-state index in [1.807, 2.05) is 60.7 Å². The fourth-order valence-corrected chi connectivity index (χ4v) is 4.38. The van der Waals surface area contributed by atoms with E-state index in [4.69, 9.17) is 9.97 Å². The number of anilines is 1. The van der Waals surface area contributed by atoms with Gasteiger partial charge in [0.05, 0.1) is 5.69 Å². The third-order valence-electron chi connectivity index (χ3n) is 5.47. The van der Waals surface area contributed by atoms with Gasteiger partial charge in [-0.1, -0.05) is 67.2 Å². The van der Waals surface area contributed by atoms with E-state index in [1.54, 1.807) is 24.2 Å². The molecule has 0 radical (unpaired) electrons. The normalized spacial score (nSPS) is 10.7. The molecule has 2 aromatic carbocycles. The van der Waals surface area contributed by atoms with Gasteiger partial charge < -0.3 is 10.2 Å². The number of amides is 1. The summed E-state index contributed by atoms with van der Waals surface area (Å²) in [4.78, 5) is 28.3. The van der Waals surface area contributed by atoms with Crippen molar-refractivity contribution in [1.82, 2.24) is 20.3 Å². The van der Waals surface area contributed by atoms with E-state index in [0.29, 0.717) is 17.9 Å². The molecule has 2 aromatic heterocycles. The number of nitrogens with one attached hydrogen (secondary N) is 1. The van der Waals surface area contributed by atoms with Gasteiger partial charge in [0.2, 0.25) is 0 Å². The third kappa shape index (κ3) is 6.90. The number of carbonyl (C=O) groups is 1. The highest BCUT2D eigenvalue weighted by molar-refractivity contribution is 7.98. The van der Waals surface area contributed by atoms with Crippen LogP contribution in [0.4, 0.5) is 5.82 Å². The van der Waals surface area contributed by atoms with Crippen LogP contribution in [0.25, 0.3) is 11.3 Å². The first-order valence-corrected chi connectivity index (χ1v) is 12.7. The predicted molar refractivity (Wildman–Crippen MR) is 142 cm³/mol. The van der Waals surface area contributed by atoms with Gasteiger partial charge >= 0.3 is 0 Å². The van der Waals surface area contributed by atoms with Crippen molar-refractivity contribution in [3.05, 3.63) is 102 Å². The highest BCUT2D eigenvalue weighted by Crippen LogP contribution is 2.27. The molecule has 0 atom stereocenters. The highest BCUT2D eigenvalue weighted by Gasteiger charge is 2.11. The average molecular weight is 484 g/mol. The quantitative estimate of drug-likeness (QED) is 0.234. The first-order chi connectivity index (χ1) is 17.1. The molecule has 6 nitrogen and oxygen atoms in total. The third-order valence-corrected chi connectivity index (χ3v) is 6.39. The maximum atomic E-state index is 12.5. The Morgan fingerprint density at radius 2 is 1.77 bits per heavy atom. The van der Waals surface area contributed by atoms with Crippen LogP contribution in [0.15, 0.2) is 90.3 Å². The van der Waals surface area contributed by atoms with Crippen LogP contribution in [0.5, 0.6) is 0 Å². The molecule has 2 heterocycles. The molecule has 7 heteroatoms. The number of benzene rings is 2. The summed E-state index contributed by atoms with van der Waals surface area (Å²) in [5.41, 5.74) is 4.70. The molecule has 1 N–H and O–H groups in total. The second kappa shape index (κ2) is 12.1. The smallest absolute Gasteiger partial charge is 0.251 e. The van der Waals surface area contributed by atoms with Gasteiger partial charge in [0.15, 0.2) is 5.16 Å². The molecule has 35 heavy (non-hydrogen) atoms. The van der Waals surface area contributed by atoms with E-state index in [9.17, 15) is 4.79 Å². The van der Waals surface area contributed by atoms with Crippen molar-refractivity contribution in [2.45, 2.75) is 30.8 Å². The Morgan fingerprint density at radius 1 is 0.971 bits per heavy atom. The van der Waals surface area contributed by atoms with E-state index in [1.165, 1.54) is 0 Å². The van der Waals surface area contributed by atoms with Crippen LogP contribution in [-0.4, -0.2) is 34.5 Å². The van der Waals surface area contributed by atoms with Crippen LogP contribution < -0.4 is 10.2 Å². The monoisotopic (exact) mass is 483 g/mol. The van der Waals surface area contributed by atoms with Crippen molar-refractivity contribution in [1.29, 1.82) is 0 Å². The summed E-state index contributed by atoms with van der Waals surface area (Å²) in [7, 11) is 2.06. The number of pyridine rings is 1. The number of hydrogen-bond acceptors (Lipinski definition) is 6. The predicted octanol–water partition coefficient (Wildman–Crippen LogP) is 5.61. The Bertz CT molecular complexity index is 1230. The molecule has 0 fully saturated rings. The van der Waals surface area contributed by atoms with Crippen molar-refractivity contribution in [2.75, 3.05) is 18.5 Å². The van der Waals surface area contributed by atoms with Gasteiger partial charge in [-0.25, -0.2) is 9.97 Å². The lowest BCUT2D eigenvalue weighted by molar-refractivity contribution is 0.0951. The summed E-state index contributed by atoms with van der Waals surface area (Å²) in [6, 6.07) is 23.7. The van der Waals surface area contributed by atoms with Crippen LogP contribution in [0.3, 0.4) is 0 Å². The standard InChI is InChI=1S/C28H29N5OS/c1-3-16-33(2)26-17-25(23-9-5-4-6-10-23)31-28(32-26)35-20-21-11-13-24(14-12-21)27(34)30-19-22-8-7-15-29-18-22/h4-15,17-18H,3,16,19-20H2,1-2H3,(H,30,34). The lowest BCUT2D eigenvalue weighted by Gasteiger charge is -2.18. The van der Waals surface area contributed by atoms with Crippen molar-refractivity contribution in [2.24, 2.45) is 0 Å². The summed E-state index contributed by atoms with van der Waals surface area (Å²) < 4.78 is 0. The Balaban J connectivity index is 1.42. The molecule has 0 unspecified atom stereocenters. The summed E-state index contributed by atoms with van der Waals surface area (Å²) in [5.74, 6) is 1.53. The molecule has 0 aliphatic heterocycles. The van der Waals surface area contributed by atoms with Gasteiger partial charge in [0.1, 0.15) is 5.82 Å². The summed E-state index contributed by atoms with van der Waals surface area (Å²) >= 11 is 1.60. The van der Waals surface area contributed by atoms with Crippen LogP contribution in [0.2, 0.25) is 0 Å². The maximum absolute atomic E-state index is 12.5. The second-order valence-electron chi connectivity index (χ2n) is 8.21. The van der Waals surface area contributed by atoms with Crippen molar-refractivity contribution in [3.8, 4) is 11.3 Å². The average Bonchev–Trinajstić information content (AvgIpc) is 2.92. The van der Waals surface area contributed by atoms with Crippen LogP contribution in [0.1, 0.15) is 34.8 Å². The van der Waals surface area contributed by atoms with E-state index in [0.717, 1.165) is 46.3 Å². The molecule has 0 saturated carbocycles. The first kappa shape index (κ1) is 24.4. The highest BCUT2D eigenvalue weighted by atomic mass is 32.2. The minimum Gasteiger partial charge on any atom is -0.360 e. The molecule has 1 amide bonds. The van der Waals surface area contributed by atoms with Crippen molar-refractivity contribution >= 4 is 23.5 Å². The Labute approximate surface area is 210 Å². The largest absolute Gasteiger partial charge is 0.360 e. The number of nitrogens with zero attached hydrogens (tertiary/aromatic N) is 4. The van der Waals surface area contributed by atoms with Gasteiger partial charge in [0.25, 0.3) is 5.91 Å². The molecule has 0 aliphatic rings. The van der Waals surface area contributed by atoms with Crippen LogP contribution in [0, 0.1) is 0 Å². The zero-order chi connectivity index (χ0) is 24.5. The fraction of sp³-hybridized carbons (Fsp3) is 0.214. The lowest BCUT2D eigenvalue weighted by atomic mass is 10.1. The van der Waals surface area contributed by atoms with Crippen molar-refractivity contribution in [3.63, 3.8) is 0 Å².